The van der Waals surface area contributed by atoms with Crippen LogP contribution in [0.3, 0.4) is 0 Å². The fourth-order valence-corrected chi connectivity index (χ4v) is 2.18. The Labute approximate surface area is 161 Å². The van der Waals surface area contributed by atoms with Crippen LogP contribution in [-0.2, 0) is 13.0 Å². The Morgan fingerprint density at radius 1 is 1.12 bits per heavy atom. The Balaban J connectivity index is 0.00000288. The highest BCUT2D eigenvalue weighted by molar-refractivity contribution is 14.0. The molecule has 1 aromatic carbocycles. The van der Waals surface area contributed by atoms with E-state index in [0.717, 1.165) is 36.9 Å². The molecule has 0 saturated carbocycles. The second kappa shape index (κ2) is 10.3. The van der Waals surface area contributed by atoms with Crippen molar-refractivity contribution in [1.82, 2.24) is 15.6 Å². The monoisotopic (exact) mass is 442 g/mol. The number of rotatable bonds is 6. The zero-order valence-corrected chi connectivity index (χ0v) is 17.2. The summed E-state index contributed by atoms with van der Waals surface area (Å²) in [4.78, 5) is 8.87. The molecule has 24 heavy (non-hydrogen) atoms. The molecule has 2 rings (SSSR count). The van der Waals surface area contributed by atoms with Crippen LogP contribution in [0.2, 0.25) is 0 Å². The number of oxazole rings is 1. The number of aromatic nitrogens is 1. The minimum Gasteiger partial charge on any atom is -0.444 e. The summed E-state index contributed by atoms with van der Waals surface area (Å²) in [5.74, 6) is 2.29. The maximum Gasteiger partial charge on any atom is 0.216 e. The first-order valence-corrected chi connectivity index (χ1v) is 8.09. The summed E-state index contributed by atoms with van der Waals surface area (Å²) in [5.41, 5.74) is 3.53. The van der Waals surface area contributed by atoms with E-state index in [2.05, 4.69) is 58.7 Å². The number of aliphatic imine (C=N–C) groups is 1. The first kappa shape index (κ1) is 20.5. The summed E-state index contributed by atoms with van der Waals surface area (Å²) >= 11 is 0. The molecule has 1 heterocycles. The van der Waals surface area contributed by atoms with E-state index in [9.17, 15) is 0 Å². The number of guanidine groups is 1. The smallest absolute Gasteiger partial charge is 0.216 e. The number of aryl methyl sites for hydroxylation is 3. The first-order valence-electron chi connectivity index (χ1n) is 8.09. The number of nitrogens with zero attached hydrogens (tertiary/aromatic N) is 2. The van der Waals surface area contributed by atoms with Crippen LogP contribution in [0, 0.1) is 20.8 Å². The largest absolute Gasteiger partial charge is 0.444 e. The van der Waals surface area contributed by atoms with Crippen molar-refractivity contribution in [2.24, 2.45) is 4.99 Å². The van der Waals surface area contributed by atoms with Crippen LogP contribution in [0.4, 0.5) is 0 Å². The normalized spacial score (nSPS) is 11.1. The molecule has 132 valence electrons. The number of hydrogen-bond acceptors (Lipinski definition) is 3. The molecule has 0 spiro atoms. The van der Waals surface area contributed by atoms with Crippen LogP contribution in [0.1, 0.15) is 35.4 Å². The van der Waals surface area contributed by atoms with Crippen molar-refractivity contribution in [3.63, 3.8) is 0 Å². The van der Waals surface area contributed by atoms with Crippen LogP contribution in [0.15, 0.2) is 33.7 Å². The second-order valence-corrected chi connectivity index (χ2v) is 5.61. The van der Waals surface area contributed by atoms with Crippen molar-refractivity contribution in [3.05, 3.63) is 52.7 Å². The second-order valence-electron chi connectivity index (χ2n) is 5.61. The number of hydrogen-bond donors (Lipinski definition) is 2. The van der Waals surface area contributed by atoms with Gasteiger partial charge in [-0.3, -0.25) is 0 Å². The summed E-state index contributed by atoms with van der Waals surface area (Å²) in [6.07, 6.45) is 0.960. The Morgan fingerprint density at radius 2 is 1.83 bits per heavy atom. The van der Waals surface area contributed by atoms with Gasteiger partial charge in [-0.25, -0.2) is 9.98 Å². The van der Waals surface area contributed by atoms with Crippen molar-refractivity contribution in [1.29, 1.82) is 0 Å². The average Bonchev–Trinajstić information content (AvgIpc) is 2.85. The van der Waals surface area contributed by atoms with Gasteiger partial charge in [-0.1, -0.05) is 29.8 Å². The Hall–Kier alpha value is -1.57. The van der Waals surface area contributed by atoms with Gasteiger partial charge in [0.15, 0.2) is 5.96 Å². The van der Waals surface area contributed by atoms with Gasteiger partial charge in [-0.15, -0.1) is 24.0 Å². The lowest BCUT2D eigenvalue weighted by molar-refractivity contribution is 0.473. The molecule has 0 amide bonds. The summed E-state index contributed by atoms with van der Waals surface area (Å²) in [6, 6.07) is 8.61. The van der Waals surface area contributed by atoms with E-state index in [1.807, 2.05) is 13.8 Å². The van der Waals surface area contributed by atoms with Gasteiger partial charge in [0.05, 0.1) is 5.69 Å². The molecular weight excluding hydrogens is 415 g/mol. The molecule has 0 aliphatic carbocycles. The molecule has 0 atom stereocenters. The molecule has 0 fully saturated rings. The molecule has 2 N–H and O–H groups in total. The van der Waals surface area contributed by atoms with Crippen LogP contribution >= 0.6 is 24.0 Å². The Kier molecular flexibility index (Phi) is 8.81. The van der Waals surface area contributed by atoms with Crippen molar-refractivity contribution < 1.29 is 4.42 Å². The summed E-state index contributed by atoms with van der Waals surface area (Å²) in [6.45, 7) is 10.1. The van der Waals surface area contributed by atoms with E-state index in [0.29, 0.717) is 12.4 Å². The van der Waals surface area contributed by atoms with Gasteiger partial charge in [-0.05, 0) is 39.7 Å². The van der Waals surface area contributed by atoms with Gasteiger partial charge in [0.2, 0.25) is 5.89 Å². The SMILES string of the molecule is CCNC(=NCc1nc(C)c(C)o1)NCCc1ccc(C)cc1.I. The maximum atomic E-state index is 5.55. The highest BCUT2D eigenvalue weighted by Crippen LogP contribution is 2.09. The quantitative estimate of drug-likeness (QED) is 0.409. The molecule has 5 nitrogen and oxygen atoms in total. The zero-order chi connectivity index (χ0) is 16.7. The minimum absolute atomic E-state index is 0. The highest BCUT2D eigenvalue weighted by Gasteiger charge is 2.05. The lowest BCUT2D eigenvalue weighted by Crippen LogP contribution is -2.38. The molecule has 0 radical (unpaired) electrons. The van der Waals surface area contributed by atoms with E-state index in [1.54, 1.807) is 0 Å². The zero-order valence-electron chi connectivity index (χ0n) is 14.8. The Morgan fingerprint density at radius 3 is 2.42 bits per heavy atom. The molecule has 2 aromatic rings. The molecule has 0 bridgehead atoms. The Bertz CT molecular complexity index is 630. The van der Waals surface area contributed by atoms with Crippen LogP contribution in [-0.4, -0.2) is 24.0 Å². The van der Waals surface area contributed by atoms with Gasteiger partial charge >= 0.3 is 0 Å². The molecule has 0 aliphatic rings. The summed E-state index contributed by atoms with van der Waals surface area (Å²) in [5, 5.41) is 6.58. The van der Waals surface area contributed by atoms with Gasteiger partial charge in [0, 0.05) is 13.1 Å². The van der Waals surface area contributed by atoms with E-state index in [4.69, 9.17) is 4.42 Å². The lowest BCUT2D eigenvalue weighted by atomic mass is 10.1. The van der Waals surface area contributed by atoms with E-state index in [-0.39, 0.29) is 24.0 Å². The number of halogens is 1. The number of benzene rings is 1. The predicted molar refractivity (Wildman–Crippen MR) is 109 cm³/mol. The third kappa shape index (κ3) is 6.51. The van der Waals surface area contributed by atoms with E-state index in [1.165, 1.54) is 11.1 Å². The highest BCUT2D eigenvalue weighted by atomic mass is 127. The first-order chi connectivity index (χ1) is 11.1. The molecule has 0 saturated heterocycles. The molecule has 6 heteroatoms. The van der Waals surface area contributed by atoms with Crippen molar-refractivity contribution in [2.75, 3.05) is 13.1 Å². The minimum atomic E-state index is 0. The fourth-order valence-electron chi connectivity index (χ4n) is 2.18. The van der Waals surface area contributed by atoms with E-state index < -0.39 is 0 Å². The fraction of sp³-hybridized carbons (Fsp3) is 0.444. The molecular formula is C18H27IN4O. The van der Waals surface area contributed by atoms with Crippen LogP contribution in [0.5, 0.6) is 0 Å². The van der Waals surface area contributed by atoms with Gasteiger partial charge in [0.1, 0.15) is 12.3 Å². The topological polar surface area (TPSA) is 62.5 Å². The standard InChI is InChI=1S/C18H26N4O.HI/c1-5-19-18(21-12-17-22-14(3)15(4)23-17)20-11-10-16-8-6-13(2)7-9-16;/h6-9H,5,10-12H2,1-4H3,(H2,19,20,21);1H. The number of nitrogens with one attached hydrogen (secondary N) is 2. The molecule has 0 unspecified atom stereocenters. The van der Waals surface area contributed by atoms with Gasteiger partial charge in [0.25, 0.3) is 0 Å². The lowest BCUT2D eigenvalue weighted by Gasteiger charge is -2.11. The summed E-state index contributed by atoms with van der Waals surface area (Å²) < 4.78 is 5.55. The van der Waals surface area contributed by atoms with Crippen LogP contribution in [0.25, 0.3) is 0 Å². The molecule has 0 aliphatic heterocycles. The van der Waals surface area contributed by atoms with E-state index >= 15 is 0 Å². The average molecular weight is 442 g/mol. The third-order valence-electron chi connectivity index (χ3n) is 3.62. The molecule has 1 aromatic heterocycles. The third-order valence-corrected chi connectivity index (χ3v) is 3.62. The maximum absolute atomic E-state index is 5.55. The van der Waals surface area contributed by atoms with Crippen molar-refractivity contribution in [3.8, 4) is 0 Å². The van der Waals surface area contributed by atoms with Gasteiger partial charge in [-0.2, -0.15) is 0 Å². The van der Waals surface area contributed by atoms with Crippen molar-refractivity contribution >= 4 is 29.9 Å². The van der Waals surface area contributed by atoms with Gasteiger partial charge < -0.3 is 15.1 Å². The van der Waals surface area contributed by atoms with Crippen molar-refractivity contribution in [2.45, 2.75) is 40.7 Å². The summed E-state index contributed by atoms with van der Waals surface area (Å²) in [7, 11) is 0. The predicted octanol–water partition coefficient (Wildman–Crippen LogP) is 3.52. The van der Waals surface area contributed by atoms with Crippen LogP contribution < -0.4 is 10.6 Å².